The summed E-state index contributed by atoms with van der Waals surface area (Å²) in [5.74, 6) is 0.312. The zero-order valence-electron chi connectivity index (χ0n) is 9.38. The van der Waals surface area contributed by atoms with Gasteiger partial charge < -0.3 is 10.5 Å². The van der Waals surface area contributed by atoms with Gasteiger partial charge in [-0.25, -0.2) is 0 Å². The van der Waals surface area contributed by atoms with Gasteiger partial charge >= 0.3 is 0 Å². The van der Waals surface area contributed by atoms with Crippen molar-refractivity contribution in [2.24, 2.45) is 17.1 Å². The Hall–Kier alpha value is -0.410. The van der Waals surface area contributed by atoms with Gasteiger partial charge in [0.2, 0.25) is 0 Å². The van der Waals surface area contributed by atoms with Crippen molar-refractivity contribution in [1.82, 2.24) is 0 Å². The Bertz CT molecular complexity index is 213. The molecule has 2 N–H and O–H groups in total. The molecule has 0 aromatic rings. The van der Waals surface area contributed by atoms with E-state index in [1.807, 2.05) is 13.8 Å². The zero-order chi connectivity index (χ0) is 10.8. The van der Waals surface area contributed by atoms with Crippen LogP contribution in [-0.4, -0.2) is 25.5 Å². The molecule has 1 saturated carbocycles. The van der Waals surface area contributed by atoms with Crippen LogP contribution in [0.25, 0.3) is 0 Å². The summed E-state index contributed by atoms with van der Waals surface area (Å²) in [7, 11) is 1.62. The quantitative estimate of drug-likeness (QED) is 0.746. The molecule has 1 fully saturated rings. The van der Waals surface area contributed by atoms with Gasteiger partial charge in [-0.15, -0.1) is 0 Å². The number of methoxy groups -OCH3 is 1. The molecule has 0 saturated heterocycles. The summed E-state index contributed by atoms with van der Waals surface area (Å²) >= 11 is 0. The Balaban J connectivity index is 2.65. The fourth-order valence-electron chi connectivity index (χ4n) is 2.24. The number of ketones is 1. The fraction of sp³-hybridized carbons (Fsp3) is 0.909. The molecule has 3 nitrogen and oxygen atoms in total. The van der Waals surface area contributed by atoms with Crippen molar-refractivity contribution in [2.75, 3.05) is 13.7 Å². The van der Waals surface area contributed by atoms with E-state index in [4.69, 9.17) is 10.5 Å². The number of hydrogen-bond donors (Lipinski definition) is 1. The van der Waals surface area contributed by atoms with Gasteiger partial charge in [0.25, 0.3) is 0 Å². The van der Waals surface area contributed by atoms with Crippen molar-refractivity contribution in [3.63, 3.8) is 0 Å². The largest absolute Gasteiger partial charge is 0.383 e. The summed E-state index contributed by atoms with van der Waals surface area (Å²) in [4.78, 5) is 12.0. The van der Waals surface area contributed by atoms with E-state index in [-0.39, 0.29) is 17.4 Å². The lowest BCUT2D eigenvalue weighted by Gasteiger charge is -2.36. The Labute approximate surface area is 86.0 Å². The van der Waals surface area contributed by atoms with Crippen molar-refractivity contribution >= 4 is 5.78 Å². The SMILES string of the molecule is COCC(N)C1CCCC(C)(C)C1=O. The summed E-state index contributed by atoms with van der Waals surface area (Å²) in [5, 5.41) is 0. The summed E-state index contributed by atoms with van der Waals surface area (Å²) < 4.78 is 5.00. The number of rotatable bonds is 3. The predicted molar refractivity (Wildman–Crippen MR) is 56.0 cm³/mol. The van der Waals surface area contributed by atoms with E-state index in [1.165, 1.54) is 0 Å². The van der Waals surface area contributed by atoms with Gasteiger partial charge in [-0.3, -0.25) is 4.79 Å². The summed E-state index contributed by atoms with van der Waals surface area (Å²) in [5.41, 5.74) is 5.74. The van der Waals surface area contributed by atoms with Crippen LogP contribution in [-0.2, 0) is 9.53 Å². The van der Waals surface area contributed by atoms with Crippen LogP contribution in [0, 0.1) is 11.3 Å². The highest BCUT2D eigenvalue weighted by molar-refractivity contribution is 5.87. The third-order valence-corrected chi connectivity index (χ3v) is 3.20. The van der Waals surface area contributed by atoms with Crippen molar-refractivity contribution in [1.29, 1.82) is 0 Å². The Kier molecular flexibility index (Phi) is 3.67. The molecular weight excluding hydrogens is 178 g/mol. The number of Topliss-reactive ketones (excluding diaryl/α,β-unsaturated/α-hetero) is 1. The van der Waals surface area contributed by atoms with Gasteiger partial charge in [-0.05, 0) is 12.8 Å². The van der Waals surface area contributed by atoms with Crippen LogP contribution in [0.5, 0.6) is 0 Å². The van der Waals surface area contributed by atoms with E-state index in [2.05, 4.69) is 0 Å². The Morgan fingerprint density at radius 1 is 1.64 bits per heavy atom. The molecule has 1 aliphatic carbocycles. The number of hydrogen-bond acceptors (Lipinski definition) is 3. The van der Waals surface area contributed by atoms with E-state index < -0.39 is 0 Å². The molecule has 1 aliphatic rings. The first-order chi connectivity index (χ1) is 6.49. The lowest BCUT2D eigenvalue weighted by atomic mass is 9.69. The molecule has 2 atom stereocenters. The maximum Gasteiger partial charge on any atom is 0.143 e. The molecule has 0 aromatic heterocycles. The molecule has 2 unspecified atom stereocenters. The van der Waals surface area contributed by atoms with Gasteiger partial charge in [0.1, 0.15) is 5.78 Å². The highest BCUT2D eigenvalue weighted by Gasteiger charge is 2.39. The lowest BCUT2D eigenvalue weighted by Crippen LogP contribution is -2.46. The molecule has 0 spiro atoms. The summed E-state index contributed by atoms with van der Waals surface area (Å²) in [6, 6.07) is -0.132. The first kappa shape index (κ1) is 11.7. The van der Waals surface area contributed by atoms with Gasteiger partial charge in [0.05, 0.1) is 6.61 Å². The Morgan fingerprint density at radius 3 is 2.86 bits per heavy atom. The van der Waals surface area contributed by atoms with E-state index in [1.54, 1.807) is 7.11 Å². The van der Waals surface area contributed by atoms with Crippen LogP contribution in [0.1, 0.15) is 33.1 Å². The second-order valence-corrected chi connectivity index (χ2v) is 4.87. The fourth-order valence-corrected chi connectivity index (χ4v) is 2.24. The minimum Gasteiger partial charge on any atom is -0.383 e. The number of carbonyl (C=O) groups is 1. The number of ether oxygens (including phenoxy) is 1. The highest BCUT2D eigenvalue weighted by atomic mass is 16.5. The first-order valence-corrected chi connectivity index (χ1v) is 5.28. The minimum atomic E-state index is -0.186. The first-order valence-electron chi connectivity index (χ1n) is 5.28. The molecule has 3 heteroatoms. The molecule has 14 heavy (non-hydrogen) atoms. The monoisotopic (exact) mass is 199 g/mol. The molecule has 0 aliphatic heterocycles. The van der Waals surface area contributed by atoms with Crippen LogP contribution >= 0.6 is 0 Å². The average molecular weight is 199 g/mol. The highest BCUT2D eigenvalue weighted by Crippen LogP contribution is 2.36. The van der Waals surface area contributed by atoms with Crippen molar-refractivity contribution in [2.45, 2.75) is 39.2 Å². The second-order valence-electron chi connectivity index (χ2n) is 4.87. The van der Waals surface area contributed by atoms with E-state index in [9.17, 15) is 4.79 Å². The topological polar surface area (TPSA) is 52.3 Å². The molecule has 82 valence electrons. The lowest BCUT2D eigenvalue weighted by molar-refractivity contribution is -0.135. The zero-order valence-corrected chi connectivity index (χ0v) is 9.38. The van der Waals surface area contributed by atoms with Crippen molar-refractivity contribution in [3.8, 4) is 0 Å². The minimum absolute atomic E-state index is 0.00120. The third kappa shape index (κ3) is 2.34. The molecular formula is C11H21NO2. The molecule has 0 amide bonds. The molecule has 0 bridgehead atoms. The Morgan fingerprint density at radius 2 is 2.29 bits per heavy atom. The van der Waals surface area contributed by atoms with Crippen LogP contribution in [0.15, 0.2) is 0 Å². The number of nitrogens with two attached hydrogens (primary N) is 1. The van der Waals surface area contributed by atoms with Gasteiger partial charge in [-0.2, -0.15) is 0 Å². The van der Waals surface area contributed by atoms with Crippen LogP contribution in [0.4, 0.5) is 0 Å². The maximum atomic E-state index is 12.0. The van der Waals surface area contributed by atoms with E-state index >= 15 is 0 Å². The smallest absolute Gasteiger partial charge is 0.143 e. The van der Waals surface area contributed by atoms with Gasteiger partial charge in [-0.1, -0.05) is 20.3 Å². The summed E-state index contributed by atoms with van der Waals surface area (Å²) in [6.07, 6.45) is 3.01. The predicted octanol–water partition coefficient (Wildman–Crippen LogP) is 1.36. The molecule has 1 rings (SSSR count). The normalized spacial score (nSPS) is 28.9. The van der Waals surface area contributed by atoms with Crippen molar-refractivity contribution < 1.29 is 9.53 Å². The maximum absolute atomic E-state index is 12.0. The average Bonchev–Trinajstić information content (AvgIpc) is 2.10. The standard InChI is InChI=1S/C11H21NO2/c1-11(2)6-4-5-8(10(11)13)9(12)7-14-3/h8-9H,4-7,12H2,1-3H3. The van der Waals surface area contributed by atoms with E-state index in [0.717, 1.165) is 19.3 Å². The summed E-state index contributed by atoms with van der Waals surface area (Å²) in [6.45, 7) is 4.51. The molecule has 0 radical (unpaired) electrons. The van der Waals surface area contributed by atoms with Crippen LogP contribution in [0.3, 0.4) is 0 Å². The molecule has 0 aromatic carbocycles. The molecule has 0 heterocycles. The van der Waals surface area contributed by atoms with E-state index in [0.29, 0.717) is 12.4 Å². The van der Waals surface area contributed by atoms with Crippen LogP contribution in [0.2, 0.25) is 0 Å². The third-order valence-electron chi connectivity index (χ3n) is 3.20. The second kappa shape index (κ2) is 4.41. The van der Waals surface area contributed by atoms with Crippen LogP contribution < -0.4 is 5.73 Å². The van der Waals surface area contributed by atoms with Crippen molar-refractivity contribution in [3.05, 3.63) is 0 Å². The van der Waals surface area contributed by atoms with Gasteiger partial charge in [0.15, 0.2) is 0 Å². The number of carbonyl (C=O) groups excluding carboxylic acids is 1. The van der Waals surface area contributed by atoms with Gasteiger partial charge in [0, 0.05) is 24.5 Å².